The highest BCUT2D eigenvalue weighted by atomic mass is 16.5. The molecule has 3 heterocycles. The van der Waals surface area contributed by atoms with E-state index in [4.69, 9.17) is 4.74 Å². The highest BCUT2D eigenvalue weighted by Crippen LogP contribution is 2.28. The van der Waals surface area contributed by atoms with Crippen molar-refractivity contribution in [2.75, 3.05) is 13.1 Å². The van der Waals surface area contributed by atoms with Crippen molar-refractivity contribution < 1.29 is 19.1 Å². The van der Waals surface area contributed by atoms with Crippen LogP contribution in [-0.2, 0) is 14.3 Å². The third-order valence-electron chi connectivity index (χ3n) is 4.10. The SMILES string of the molecule is CC1CCC(C(=O)N2CCC3(C2)NC(=O)NC3=O)O1. The standard InChI is InChI=1S/C12H17N3O4/c1-7-2-3-8(19-7)9(16)15-5-4-12(6-15)10(17)13-11(18)14-12/h7-8H,2-6H2,1H3,(H2,13,14,17,18). The van der Waals surface area contributed by atoms with Gasteiger partial charge in [-0.3, -0.25) is 14.9 Å². The van der Waals surface area contributed by atoms with Gasteiger partial charge in [-0.05, 0) is 26.2 Å². The number of urea groups is 1. The molecule has 0 aliphatic carbocycles. The van der Waals surface area contributed by atoms with Crippen LogP contribution in [0, 0.1) is 0 Å². The lowest BCUT2D eigenvalue weighted by molar-refractivity contribution is -0.141. The Morgan fingerprint density at radius 1 is 1.42 bits per heavy atom. The Balaban J connectivity index is 1.67. The second-order valence-electron chi connectivity index (χ2n) is 5.51. The summed E-state index contributed by atoms with van der Waals surface area (Å²) in [6.45, 7) is 2.65. The summed E-state index contributed by atoms with van der Waals surface area (Å²) in [5.74, 6) is -0.413. The molecule has 19 heavy (non-hydrogen) atoms. The van der Waals surface area contributed by atoms with Crippen LogP contribution in [0.4, 0.5) is 4.79 Å². The molecule has 104 valence electrons. The van der Waals surface area contributed by atoms with Gasteiger partial charge >= 0.3 is 6.03 Å². The van der Waals surface area contributed by atoms with Crippen molar-refractivity contribution >= 4 is 17.8 Å². The van der Waals surface area contributed by atoms with E-state index in [1.54, 1.807) is 4.90 Å². The predicted molar refractivity (Wildman–Crippen MR) is 64.2 cm³/mol. The summed E-state index contributed by atoms with van der Waals surface area (Å²) in [5.41, 5.74) is -0.934. The first-order valence-corrected chi connectivity index (χ1v) is 6.58. The fourth-order valence-electron chi connectivity index (χ4n) is 3.00. The molecule has 7 heteroatoms. The van der Waals surface area contributed by atoms with Crippen LogP contribution in [0.3, 0.4) is 0 Å². The molecule has 7 nitrogen and oxygen atoms in total. The van der Waals surface area contributed by atoms with Gasteiger partial charge in [0.15, 0.2) is 0 Å². The number of imide groups is 1. The van der Waals surface area contributed by atoms with E-state index < -0.39 is 17.7 Å². The number of rotatable bonds is 1. The van der Waals surface area contributed by atoms with Gasteiger partial charge < -0.3 is 15.0 Å². The second kappa shape index (κ2) is 4.19. The summed E-state index contributed by atoms with van der Waals surface area (Å²) in [6, 6.07) is -0.481. The molecule has 0 radical (unpaired) electrons. The fourth-order valence-corrected chi connectivity index (χ4v) is 3.00. The van der Waals surface area contributed by atoms with Crippen molar-refractivity contribution in [3.8, 4) is 0 Å². The maximum absolute atomic E-state index is 12.3. The van der Waals surface area contributed by atoms with Crippen LogP contribution < -0.4 is 10.6 Å². The number of hydrogen-bond acceptors (Lipinski definition) is 4. The minimum Gasteiger partial charge on any atom is -0.365 e. The zero-order chi connectivity index (χ0) is 13.6. The number of carbonyl (C=O) groups excluding carboxylic acids is 3. The van der Waals surface area contributed by atoms with Gasteiger partial charge in [-0.25, -0.2) is 4.79 Å². The number of nitrogens with one attached hydrogen (secondary N) is 2. The Hall–Kier alpha value is -1.63. The molecular formula is C12H17N3O4. The normalized spacial score (nSPS) is 37.8. The molecule has 0 saturated carbocycles. The summed E-state index contributed by atoms with van der Waals surface area (Å²) < 4.78 is 5.56. The van der Waals surface area contributed by atoms with E-state index in [2.05, 4.69) is 10.6 Å². The highest BCUT2D eigenvalue weighted by molar-refractivity contribution is 6.07. The lowest BCUT2D eigenvalue weighted by Crippen LogP contribution is -2.50. The average Bonchev–Trinajstić information content (AvgIpc) is 3.01. The molecule has 0 aromatic rings. The minimum atomic E-state index is -0.934. The van der Waals surface area contributed by atoms with Crippen molar-refractivity contribution in [1.29, 1.82) is 0 Å². The largest absolute Gasteiger partial charge is 0.365 e. The van der Waals surface area contributed by atoms with Gasteiger partial charge in [-0.2, -0.15) is 0 Å². The zero-order valence-electron chi connectivity index (χ0n) is 10.8. The molecule has 3 saturated heterocycles. The van der Waals surface area contributed by atoms with Crippen LogP contribution in [0.5, 0.6) is 0 Å². The van der Waals surface area contributed by atoms with Gasteiger partial charge in [0.05, 0.1) is 12.6 Å². The third kappa shape index (κ3) is 1.98. The van der Waals surface area contributed by atoms with Crippen molar-refractivity contribution in [3.63, 3.8) is 0 Å². The molecule has 4 amide bonds. The average molecular weight is 267 g/mol. The predicted octanol–water partition coefficient (Wildman–Crippen LogP) is -0.636. The molecule has 3 aliphatic heterocycles. The van der Waals surface area contributed by atoms with Crippen molar-refractivity contribution in [2.24, 2.45) is 0 Å². The zero-order valence-corrected chi connectivity index (χ0v) is 10.8. The first kappa shape index (κ1) is 12.4. The lowest BCUT2D eigenvalue weighted by Gasteiger charge is -2.23. The summed E-state index contributed by atoms with van der Waals surface area (Å²) in [7, 11) is 0. The summed E-state index contributed by atoms with van der Waals surface area (Å²) in [6.07, 6.45) is 1.78. The van der Waals surface area contributed by atoms with Gasteiger partial charge in [0.2, 0.25) is 0 Å². The lowest BCUT2D eigenvalue weighted by atomic mass is 9.99. The van der Waals surface area contributed by atoms with Gasteiger partial charge in [0.25, 0.3) is 11.8 Å². The highest BCUT2D eigenvalue weighted by Gasteiger charge is 2.52. The van der Waals surface area contributed by atoms with Crippen LogP contribution in [0.2, 0.25) is 0 Å². The first-order valence-electron chi connectivity index (χ1n) is 6.58. The number of hydrogen-bond donors (Lipinski definition) is 2. The molecule has 3 atom stereocenters. The van der Waals surface area contributed by atoms with E-state index >= 15 is 0 Å². The Labute approximate surface area is 110 Å². The van der Waals surface area contributed by atoms with Crippen LogP contribution in [0.1, 0.15) is 26.2 Å². The second-order valence-corrected chi connectivity index (χ2v) is 5.51. The molecule has 3 unspecified atom stereocenters. The number of carbonyl (C=O) groups is 3. The molecule has 0 aromatic carbocycles. The molecule has 0 bridgehead atoms. The smallest absolute Gasteiger partial charge is 0.322 e. The molecule has 3 aliphatic rings. The maximum Gasteiger partial charge on any atom is 0.322 e. The maximum atomic E-state index is 12.3. The van der Waals surface area contributed by atoms with E-state index in [1.807, 2.05) is 6.92 Å². The molecule has 3 fully saturated rings. The van der Waals surface area contributed by atoms with Gasteiger partial charge in [0.1, 0.15) is 11.6 Å². The van der Waals surface area contributed by atoms with E-state index in [1.165, 1.54) is 0 Å². The summed E-state index contributed by atoms with van der Waals surface area (Å²) in [5, 5.41) is 4.86. The molecule has 2 N–H and O–H groups in total. The quantitative estimate of drug-likeness (QED) is 0.619. The van der Waals surface area contributed by atoms with E-state index in [0.717, 1.165) is 12.8 Å². The molecule has 0 aromatic heterocycles. The molecule has 1 spiro atoms. The van der Waals surface area contributed by atoms with Gasteiger partial charge in [-0.15, -0.1) is 0 Å². The van der Waals surface area contributed by atoms with Crippen molar-refractivity contribution in [2.45, 2.75) is 43.9 Å². The van der Waals surface area contributed by atoms with Crippen LogP contribution in [-0.4, -0.2) is 53.6 Å². The molecule has 3 rings (SSSR count). The first-order chi connectivity index (χ1) is 9.00. The Kier molecular flexibility index (Phi) is 2.74. The number of likely N-dealkylation sites (tertiary alicyclic amines) is 1. The van der Waals surface area contributed by atoms with Crippen LogP contribution in [0.15, 0.2) is 0 Å². The number of nitrogens with zero attached hydrogens (tertiary/aromatic N) is 1. The van der Waals surface area contributed by atoms with E-state index in [9.17, 15) is 14.4 Å². The number of amides is 4. The number of ether oxygens (including phenoxy) is 1. The monoisotopic (exact) mass is 267 g/mol. The Morgan fingerprint density at radius 2 is 2.21 bits per heavy atom. The van der Waals surface area contributed by atoms with E-state index in [0.29, 0.717) is 13.0 Å². The van der Waals surface area contributed by atoms with Gasteiger partial charge in [-0.1, -0.05) is 0 Å². The minimum absolute atomic E-state index is 0.0739. The summed E-state index contributed by atoms with van der Waals surface area (Å²) in [4.78, 5) is 36.9. The Morgan fingerprint density at radius 3 is 2.79 bits per heavy atom. The van der Waals surface area contributed by atoms with E-state index in [-0.39, 0.29) is 24.5 Å². The fraction of sp³-hybridized carbons (Fsp3) is 0.750. The Bertz CT molecular complexity index is 452. The van der Waals surface area contributed by atoms with Crippen LogP contribution in [0.25, 0.3) is 0 Å². The van der Waals surface area contributed by atoms with Crippen LogP contribution >= 0.6 is 0 Å². The van der Waals surface area contributed by atoms with Crippen molar-refractivity contribution in [1.82, 2.24) is 15.5 Å². The molecular weight excluding hydrogens is 250 g/mol. The topological polar surface area (TPSA) is 87.7 Å². The summed E-state index contributed by atoms with van der Waals surface area (Å²) >= 11 is 0. The van der Waals surface area contributed by atoms with Crippen molar-refractivity contribution in [3.05, 3.63) is 0 Å². The third-order valence-corrected chi connectivity index (χ3v) is 4.10. The van der Waals surface area contributed by atoms with Gasteiger partial charge in [0, 0.05) is 6.54 Å².